The molecule has 0 saturated heterocycles. The van der Waals surface area contributed by atoms with Crippen molar-refractivity contribution in [2.45, 2.75) is 109 Å². The fourth-order valence-corrected chi connectivity index (χ4v) is 11.7. The maximum Gasteiger partial charge on any atom is 0.306 e. The predicted molar refractivity (Wildman–Crippen MR) is 249 cm³/mol. The highest BCUT2D eigenvalue weighted by atomic mass is 32.1. The van der Waals surface area contributed by atoms with E-state index in [4.69, 9.17) is 4.74 Å². The molecule has 0 amide bonds. The van der Waals surface area contributed by atoms with E-state index < -0.39 is 0 Å². The highest BCUT2D eigenvalue weighted by molar-refractivity contribution is 7.23. The zero-order valence-electron chi connectivity index (χ0n) is 33.9. The fourth-order valence-electron chi connectivity index (χ4n) is 8.70. The Kier molecular flexibility index (Phi) is 13.6. The second kappa shape index (κ2) is 19.0. The first-order valence-corrected chi connectivity index (χ1v) is 23.4. The van der Waals surface area contributed by atoms with Crippen molar-refractivity contribution in [2.75, 3.05) is 0 Å². The summed E-state index contributed by atoms with van der Waals surface area (Å²) in [6.07, 6.45) is 15.7. The largest absolute Gasteiger partial charge is 0.454 e. The molecule has 1 aliphatic rings. The van der Waals surface area contributed by atoms with Gasteiger partial charge in [0.25, 0.3) is 0 Å². The number of carbonyl (C=O) groups excluding carboxylic acids is 1. The molecule has 3 aromatic heterocycles. The summed E-state index contributed by atoms with van der Waals surface area (Å²) in [6, 6.07) is 37.6. The normalized spacial score (nSPS) is 12.8. The number of hydrogen-bond donors (Lipinski definition) is 0. The molecule has 0 bridgehead atoms. The van der Waals surface area contributed by atoms with Gasteiger partial charge >= 0.3 is 5.97 Å². The molecule has 0 aliphatic heterocycles. The number of esters is 1. The molecule has 0 fully saturated rings. The molecule has 1 aliphatic carbocycles. The summed E-state index contributed by atoms with van der Waals surface area (Å²) in [5.41, 5.74) is 11.3. The monoisotopic (exact) mass is 808 g/mol. The minimum absolute atomic E-state index is 0.0258. The topological polar surface area (TPSA) is 26.3 Å². The Morgan fingerprint density at radius 3 is 1.67 bits per heavy atom. The fraction of sp³-hybridized carbons (Fsp3) is 0.327. The lowest BCUT2D eigenvalue weighted by molar-refractivity contribution is -0.145. The van der Waals surface area contributed by atoms with E-state index in [1.54, 1.807) is 12.2 Å². The van der Waals surface area contributed by atoms with E-state index in [1.807, 2.05) is 34.0 Å². The number of hydrogen-bond acceptors (Lipinski definition) is 5. The van der Waals surface area contributed by atoms with Crippen molar-refractivity contribution >= 4 is 40.0 Å². The van der Waals surface area contributed by atoms with Crippen molar-refractivity contribution in [3.8, 4) is 52.2 Å². The molecule has 5 heteroatoms. The Labute approximate surface area is 353 Å². The van der Waals surface area contributed by atoms with Gasteiger partial charge in [-0.2, -0.15) is 0 Å². The van der Waals surface area contributed by atoms with Gasteiger partial charge in [-0.15, -0.1) is 34.0 Å². The highest BCUT2D eigenvalue weighted by Crippen LogP contribution is 2.56. The number of fused-ring (bicyclic) bond motifs is 3. The van der Waals surface area contributed by atoms with E-state index >= 15 is 0 Å². The zero-order valence-corrected chi connectivity index (χ0v) is 36.4. The molecule has 0 unspecified atom stereocenters. The maximum absolute atomic E-state index is 11.9. The van der Waals surface area contributed by atoms with Crippen molar-refractivity contribution in [1.29, 1.82) is 0 Å². The number of aryl methyl sites for hydroxylation is 2. The SMILES string of the molecule is C=CC(C=C)OC(=O)CCCCCCCCc1ccc(-c2ccc(-c3ccc4c(c3)C(CCC)(CCC)c3cc(-c5ccc(-c6ccc(C)s6)s5)ccc3-4)s2)cc1. The third-order valence-corrected chi connectivity index (χ3v) is 15.1. The van der Waals surface area contributed by atoms with Crippen molar-refractivity contribution in [3.05, 3.63) is 144 Å². The molecule has 7 rings (SSSR count). The average Bonchev–Trinajstić information content (AvgIpc) is 4.05. The van der Waals surface area contributed by atoms with E-state index in [-0.39, 0.29) is 17.5 Å². The number of ether oxygens (including phenoxy) is 1. The van der Waals surface area contributed by atoms with Gasteiger partial charge in [-0.1, -0.05) is 114 Å². The van der Waals surface area contributed by atoms with Gasteiger partial charge in [-0.25, -0.2) is 0 Å². The summed E-state index contributed by atoms with van der Waals surface area (Å²) in [6.45, 7) is 14.2. The second-order valence-electron chi connectivity index (χ2n) is 15.6. The number of thiophene rings is 3. The van der Waals surface area contributed by atoms with Crippen LogP contribution in [0.5, 0.6) is 0 Å². The van der Waals surface area contributed by atoms with Crippen LogP contribution in [-0.4, -0.2) is 12.1 Å². The molecule has 0 atom stereocenters. The van der Waals surface area contributed by atoms with E-state index in [2.05, 4.69) is 131 Å². The minimum Gasteiger partial charge on any atom is -0.454 e. The van der Waals surface area contributed by atoms with Gasteiger partial charge < -0.3 is 4.74 Å². The molecule has 6 aromatic rings. The standard InChI is InChI=1S/C52H56O2S3/c1-6-32-52(33-7-2)44-34-39(23-25-42(44)43-26-24-40(35-45(43)52)48-30-31-50(57-48)49-27-18-36(5)55-49)47-29-28-46(56-47)38-21-19-37(20-22-38)16-14-12-10-11-13-15-17-51(53)54-41(8-3)9-4/h8-9,18-31,34-35,41H,3-4,6-7,10-17,32-33H2,1-2,5H3. The van der Waals surface area contributed by atoms with Crippen LogP contribution in [0.2, 0.25) is 0 Å². The molecule has 3 aromatic carbocycles. The molecule has 0 radical (unpaired) electrons. The average molecular weight is 809 g/mol. The molecule has 3 heterocycles. The second-order valence-corrected chi connectivity index (χ2v) is 19.0. The van der Waals surface area contributed by atoms with Crippen LogP contribution < -0.4 is 0 Å². The van der Waals surface area contributed by atoms with Gasteiger partial charge in [0, 0.05) is 41.1 Å². The Morgan fingerprint density at radius 2 is 1.11 bits per heavy atom. The number of rotatable bonds is 20. The summed E-state index contributed by atoms with van der Waals surface area (Å²) in [4.78, 5) is 20.0. The van der Waals surface area contributed by atoms with Crippen molar-refractivity contribution in [1.82, 2.24) is 0 Å². The van der Waals surface area contributed by atoms with Gasteiger partial charge in [0.15, 0.2) is 0 Å². The minimum atomic E-state index is -0.385. The molecule has 294 valence electrons. The Morgan fingerprint density at radius 1 is 0.614 bits per heavy atom. The highest BCUT2D eigenvalue weighted by Gasteiger charge is 2.42. The van der Waals surface area contributed by atoms with Crippen LogP contribution in [0.15, 0.2) is 122 Å². The van der Waals surface area contributed by atoms with Gasteiger partial charge in [-0.05, 0) is 144 Å². The molecule has 0 spiro atoms. The van der Waals surface area contributed by atoms with Crippen LogP contribution in [0, 0.1) is 6.92 Å². The first-order chi connectivity index (χ1) is 27.8. The Balaban J connectivity index is 0.993. The van der Waals surface area contributed by atoms with Crippen LogP contribution in [-0.2, 0) is 21.4 Å². The van der Waals surface area contributed by atoms with Crippen molar-refractivity contribution in [2.24, 2.45) is 0 Å². The maximum atomic E-state index is 11.9. The quantitative estimate of drug-likeness (QED) is 0.0436. The number of unbranched alkanes of at least 4 members (excludes halogenated alkanes) is 5. The first kappa shape index (κ1) is 40.9. The van der Waals surface area contributed by atoms with E-state index in [0.717, 1.165) is 51.4 Å². The van der Waals surface area contributed by atoms with Crippen LogP contribution >= 0.6 is 34.0 Å². The van der Waals surface area contributed by atoms with Crippen molar-refractivity contribution in [3.63, 3.8) is 0 Å². The smallest absolute Gasteiger partial charge is 0.306 e. The molecule has 57 heavy (non-hydrogen) atoms. The van der Waals surface area contributed by atoms with Gasteiger partial charge in [-0.3, -0.25) is 4.79 Å². The van der Waals surface area contributed by atoms with Crippen LogP contribution in [0.1, 0.15) is 106 Å². The lowest BCUT2D eigenvalue weighted by Crippen LogP contribution is -2.25. The summed E-state index contributed by atoms with van der Waals surface area (Å²) >= 11 is 5.70. The van der Waals surface area contributed by atoms with Gasteiger partial charge in [0.1, 0.15) is 6.10 Å². The summed E-state index contributed by atoms with van der Waals surface area (Å²) in [5.74, 6) is -0.166. The first-order valence-electron chi connectivity index (χ1n) is 21.0. The lowest BCUT2D eigenvalue weighted by Gasteiger charge is -2.32. The van der Waals surface area contributed by atoms with Crippen molar-refractivity contribution < 1.29 is 9.53 Å². The van der Waals surface area contributed by atoms with Crippen LogP contribution in [0.3, 0.4) is 0 Å². The molecular formula is C52H56O2S3. The summed E-state index contributed by atoms with van der Waals surface area (Å²) < 4.78 is 5.30. The van der Waals surface area contributed by atoms with Crippen LogP contribution in [0.4, 0.5) is 0 Å². The molecular weight excluding hydrogens is 753 g/mol. The van der Waals surface area contributed by atoms with E-state index in [9.17, 15) is 4.79 Å². The number of benzene rings is 3. The molecule has 0 N–H and O–H groups in total. The van der Waals surface area contributed by atoms with E-state index in [1.165, 1.54) is 93.0 Å². The summed E-state index contributed by atoms with van der Waals surface area (Å²) in [5, 5.41) is 0. The third-order valence-electron chi connectivity index (χ3n) is 11.5. The third kappa shape index (κ3) is 9.22. The Bertz CT molecular complexity index is 2280. The van der Waals surface area contributed by atoms with E-state index in [0.29, 0.717) is 6.42 Å². The predicted octanol–water partition coefficient (Wildman–Crippen LogP) is 16.3. The number of carbonyl (C=O) groups is 1. The molecule has 2 nitrogen and oxygen atoms in total. The van der Waals surface area contributed by atoms with Gasteiger partial charge in [0.05, 0.1) is 0 Å². The zero-order chi connectivity index (χ0) is 39.8. The Hall–Kier alpha value is -4.29. The molecule has 0 saturated carbocycles. The van der Waals surface area contributed by atoms with Gasteiger partial charge in [0.2, 0.25) is 0 Å². The lowest BCUT2D eigenvalue weighted by atomic mass is 9.71. The van der Waals surface area contributed by atoms with Crippen LogP contribution in [0.25, 0.3) is 52.2 Å². The summed E-state index contributed by atoms with van der Waals surface area (Å²) in [7, 11) is 0.